The predicted octanol–water partition coefficient (Wildman–Crippen LogP) is 2.22. The molecular weight excluding hydrogens is 269 g/mol. The molecule has 0 fully saturated rings. The van der Waals surface area contributed by atoms with Gasteiger partial charge >= 0.3 is 6.18 Å². The van der Waals surface area contributed by atoms with Crippen LogP contribution in [0.3, 0.4) is 0 Å². The zero-order valence-corrected chi connectivity index (χ0v) is 9.85. The molecule has 1 aliphatic heterocycles. The topological polar surface area (TPSA) is 54.4 Å². The minimum atomic E-state index is -4.58. The first-order chi connectivity index (χ1) is 8.25. The number of hydrogen-bond donors (Lipinski definition) is 1. The van der Waals surface area contributed by atoms with E-state index in [2.05, 4.69) is 0 Å². The lowest BCUT2D eigenvalue weighted by molar-refractivity contribution is -0.137. The van der Waals surface area contributed by atoms with Crippen LogP contribution in [0.15, 0.2) is 28.5 Å². The molecule has 1 N–H and O–H groups in total. The second-order valence-corrected chi connectivity index (χ2v) is 5.64. The molecule has 0 atom stereocenters. The van der Waals surface area contributed by atoms with Crippen LogP contribution in [0.4, 0.5) is 13.2 Å². The van der Waals surface area contributed by atoms with Crippen LogP contribution in [0.1, 0.15) is 17.5 Å². The van der Waals surface area contributed by atoms with E-state index in [4.69, 9.17) is 5.11 Å². The van der Waals surface area contributed by atoms with Crippen molar-refractivity contribution in [2.24, 2.45) is 0 Å². The monoisotopic (exact) mass is 278 g/mol. The SMILES string of the molecule is O=S1(=O)C=C(CCO)c2ccc(C(F)(F)F)cc21. The van der Waals surface area contributed by atoms with Gasteiger partial charge in [0.25, 0.3) is 0 Å². The van der Waals surface area contributed by atoms with Gasteiger partial charge in [-0.1, -0.05) is 6.07 Å². The molecule has 7 heteroatoms. The molecule has 98 valence electrons. The number of benzene rings is 1. The average Bonchev–Trinajstić information content (AvgIpc) is 2.50. The van der Waals surface area contributed by atoms with Gasteiger partial charge in [0.1, 0.15) is 0 Å². The number of rotatable bonds is 2. The van der Waals surface area contributed by atoms with Crippen LogP contribution in [0, 0.1) is 0 Å². The smallest absolute Gasteiger partial charge is 0.396 e. The molecule has 2 rings (SSSR count). The van der Waals surface area contributed by atoms with E-state index >= 15 is 0 Å². The van der Waals surface area contributed by atoms with Gasteiger partial charge in [-0.2, -0.15) is 13.2 Å². The van der Waals surface area contributed by atoms with Crippen LogP contribution < -0.4 is 0 Å². The molecule has 0 amide bonds. The lowest BCUT2D eigenvalue weighted by atomic mass is 10.0. The number of halogens is 3. The maximum absolute atomic E-state index is 12.5. The normalized spacial score (nSPS) is 17.4. The Labute approximate surface area is 101 Å². The number of alkyl halides is 3. The van der Waals surface area contributed by atoms with E-state index in [0.29, 0.717) is 11.6 Å². The molecule has 3 nitrogen and oxygen atoms in total. The largest absolute Gasteiger partial charge is 0.416 e. The maximum atomic E-state index is 12.5. The third kappa shape index (κ3) is 2.15. The Morgan fingerprint density at radius 3 is 2.44 bits per heavy atom. The van der Waals surface area contributed by atoms with Gasteiger partial charge < -0.3 is 5.11 Å². The van der Waals surface area contributed by atoms with Gasteiger partial charge in [0, 0.05) is 12.0 Å². The van der Waals surface area contributed by atoms with E-state index in [1.54, 1.807) is 0 Å². The predicted molar refractivity (Wildman–Crippen MR) is 58.3 cm³/mol. The van der Waals surface area contributed by atoms with Gasteiger partial charge in [-0.05, 0) is 29.7 Å². The molecule has 1 aromatic carbocycles. The van der Waals surface area contributed by atoms with Crippen LogP contribution in [-0.2, 0) is 16.0 Å². The van der Waals surface area contributed by atoms with Crippen molar-refractivity contribution in [3.63, 3.8) is 0 Å². The molecular formula is C11H9F3O3S. The first-order valence-corrected chi connectivity index (χ1v) is 6.58. The number of fused-ring (bicyclic) bond motifs is 1. The first-order valence-electron chi connectivity index (χ1n) is 5.04. The standard InChI is InChI=1S/C11H9F3O3S/c12-11(13,14)8-1-2-9-7(3-4-15)6-18(16,17)10(9)5-8/h1-2,5-6,15H,3-4H2. The number of hydrogen-bond acceptors (Lipinski definition) is 3. The quantitative estimate of drug-likeness (QED) is 0.902. The molecule has 0 saturated carbocycles. The van der Waals surface area contributed by atoms with E-state index in [1.807, 2.05) is 0 Å². The summed E-state index contributed by atoms with van der Waals surface area (Å²) in [7, 11) is -3.83. The fourth-order valence-electron chi connectivity index (χ4n) is 1.83. The van der Waals surface area contributed by atoms with E-state index < -0.39 is 21.6 Å². The first kappa shape index (κ1) is 13.1. The van der Waals surface area contributed by atoms with Crippen molar-refractivity contribution in [2.45, 2.75) is 17.5 Å². The molecule has 18 heavy (non-hydrogen) atoms. The summed E-state index contributed by atoms with van der Waals surface area (Å²) in [5.41, 5.74) is -0.429. The molecule has 0 bridgehead atoms. The van der Waals surface area contributed by atoms with Crippen molar-refractivity contribution < 1.29 is 26.7 Å². The Balaban J connectivity index is 2.58. The number of aliphatic hydroxyl groups excluding tert-OH is 1. The summed E-state index contributed by atoms with van der Waals surface area (Å²) in [4.78, 5) is -0.347. The molecule has 0 radical (unpaired) electrons. The van der Waals surface area contributed by atoms with Crippen molar-refractivity contribution in [1.82, 2.24) is 0 Å². The Hall–Kier alpha value is -1.34. The molecule has 1 heterocycles. The molecule has 0 unspecified atom stereocenters. The number of sulfone groups is 1. The molecule has 0 aromatic heterocycles. The summed E-state index contributed by atoms with van der Waals surface area (Å²) in [6.45, 7) is -0.262. The average molecular weight is 278 g/mol. The number of aliphatic hydroxyl groups is 1. The van der Waals surface area contributed by atoms with Crippen molar-refractivity contribution >= 4 is 15.4 Å². The van der Waals surface area contributed by atoms with E-state index in [-0.39, 0.29) is 23.5 Å². The van der Waals surface area contributed by atoms with E-state index in [1.165, 1.54) is 0 Å². The molecule has 0 aliphatic carbocycles. The van der Waals surface area contributed by atoms with Crippen LogP contribution in [-0.4, -0.2) is 20.1 Å². The van der Waals surface area contributed by atoms with Crippen LogP contribution in [0.5, 0.6) is 0 Å². The van der Waals surface area contributed by atoms with Gasteiger partial charge in [-0.3, -0.25) is 0 Å². The lowest BCUT2D eigenvalue weighted by Gasteiger charge is -2.09. The minimum Gasteiger partial charge on any atom is -0.396 e. The third-order valence-electron chi connectivity index (χ3n) is 2.64. The van der Waals surface area contributed by atoms with Crippen LogP contribution in [0.25, 0.3) is 5.57 Å². The van der Waals surface area contributed by atoms with Crippen LogP contribution in [0.2, 0.25) is 0 Å². The Morgan fingerprint density at radius 2 is 1.89 bits per heavy atom. The fraction of sp³-hybridized carbons (Fsp3) is 0.273. The van der Waals surface area contributed by atoms with E-state index in [0.717, 1.165) is 17.5 Å². The summed E-state index contributed by atoms with van der Waals surface area (Å²) < 4.78 is 60.9. The second kappa shape index (κ2) is 4.10. The Bertz CT molecular complexity index is 615. The van der Waals surface area contributed by atoms with Crippen molar-refractivity contribution in [3.05, 3.63) is 34.7 Å². The molecule has 1 aliphatic rings. The molecule has 0 spiro atoms. The van der Waals surface area contributed by atoms with Gasteiger partial charge in [0.05, 0.1) is 10.5 Å². The zero-order chi connectivity index (χ0) is 13.6. The molecule has 0 saturated heterocycles. The summed E-state index contributed by atoms with van der Waals surface area (Å²) in [6, 6.07) is 2.60. The van der Waals surface area contributed by atoms with E-state index in [9.17, 15) is 21.6 Å². The molecule has 1 aromatic rings. The highest BCUT2D eigenvalue weighted by Crippen LogP contribution is 2.39. The van der Waals surface area contributed by atoms with Gasteiger partial charge in [0.15, 0.2) is 0 Å². The van der Waals surface area contributed by atoms with Crippen molar-refractivity contribution in [1.29, 1.82) is 0 Å². The fourth-order valence-corrected chi connectivity index (χ4v) is 3.37. The third-order valence-corrected chi connectivity index (χ3v) is 4.19. The lowest BCUT2D eigenvalue weighted by Crippen LogP contribution is -2.06. The zero-order valence-electron chi connectivity index (χ0n) is 9.03. The van der Waals surface area contributed by atoms with Crippen molar-refractivity contribution in [3.8, 4) is 0 Å². The van der Waals surface area contributed by atoms with Crippen molar-refractivity contribution in [2.75, 3.05) is 6.61 Å². The maximum Gasteiger partial charge on any atom is 0.416 e. The summed E-state index contributed by atoms with van der Waals surface area (Å²) in [6.07, 6.45) is -4.48. The Morgan fingerprint density at radius 1 is 1.22 bits per heavy atom. The van der Waals surface area contributed by atoms with Gasteiger partial charge in [-0.15, -0.1) is 0 Å². The summed E-state index contributed by atoms with van der Waals surface area (Å²) in [5, 5.41) is 9.70. The minimum absolute atomic E-state index is 0.0948. The Kier molecular flexibility index (Phi) is 2.98. The summed E-state index contributed by atoms with van der Waals surface area (Å²) >= 11 is 0. The highest BCUT2D eigenvalue weighted by atomic mass is 32.2. The highest BCUT2D eigenvalue weighted by Gasteiger charge is 2.34. The van der Waals surface area contributed by atoms with Gasteiger partial charge in [0.2, 0.25) is 9.84 Å². The highest BCUT2D eigenvalue weighted by molar-refractivity contribution is 7.95. The van der Waals surface area contributed by atoms with Crippen LogP contribution >= 0.6 is 0 Å². The summed E-state index contributed by atoms with van der Waals surface area (Å²) in [5.74, 6) is 0. The second-order valence-electron chi connectivity index (χ2n) is 3.87. The van der Waals surface area contributed by atoms with Gasteiger partial charge in [-0.25, -0.2) is 8.42 Å².